The number of rotatable bonds is 4. The van der Waals surface area contributed by atoms with E-state index in [1.807, 2.05) is 29.2 Å². The summed E-state index contributed by atoms with van der Waals surface area (Å²) in [6.45, 7) is 1.41. The lowest BCUT2D eigenvalue weighted by Crippen LogP contribution is -2.36. The second-order valence-corrected chi connectivity index (χ2v) is 7.68. The summed E-state index contributed by atoms with van der Waals surface area (Å²) >= 11 is 0. The molecule has 3 aliphatic rings. The zero-order valence-electron chi connectivity index (χ0n) is 14.7. The van der Waals surface area contributed by atoms with Crippen LogP contribution in [0.5, 0.6) is 0 Å². The highest BCUT2D eigenvalue weighted by molar-refractivity contribution is 5.94. The fourth-order valence-electron chi connectivity index (χ4n) is 3.56. The van der Waals surface area contributed by atoms with E-state index in [1.165, 1.54) is 0 Å². The minimum absolute atomic E-state index is 0.117. The van der Waals surface area contributed by atoms with Crippen LogP contribution in [0.3, 0.4) is 0 Å². The Bertz CT molecular complexity index is 860. The minimum atomic E-state index is 0.117. The van der Waals surface area contributed by atoms with Gasteiger partial charge in [-0.05, 0) is 56.0 Å². The maximum Gasteiger partial charge on any atom is 0.227 e. The molecule has 2 heterocycles. The maximum atomic E-state index is 12.3. The first kappa shape index (κ1) is 15.7. The standard InChI is InChI=1S/C21H22N2O3/c24-20(14-1-2-14)22-17-7-5-13(6-8-17)19-11-16-12-23(10-9-18(16)26-19)21(25)15-3-4-15/h5-8,11,14-15H,1-4,9-10,12H2,(H,22,24). The first-order valence-corrected chi connectivity index (χ1v) is 9.49. The van der Waals surface area contributed by atoms with Crippen molar-refractivity contribution < 1.29 is 14.0 Å². The third-order valence-corrected chi connectivity index (χ3v) is 5.49. The topological polar surface area (TPSA) is 62.6 Å². The molecule has 1 N–H and O–H groups in total. The molecule has 5 heteroatoms. The van der Waals surface area contributed by atoms with E-state index in [0.717, 1.165) is 67.0 Å². The van der Waals surface area contributed by atoms with Crippen molar-refractivity contribution in [2.45, 2.75) is 38.6 Å². The first-order chi connectivity index (χ1) is 12.7. The summed E-state index contributed by atoms with van der Waals surface area (Å²) in [5.41, 5.74) is 2.93. The van der Waals surface area contributed by atoms with E-state index in [-0.39, 0.29) is 17.7 Å². The van der Waals surface area contributed by atoms with E-state index in [0.29, 0.717) is 12.5 Å². The molecule has 1 aliphatic heterocycles. The molecule has 0 atom stereocenters. The lowest BCUT2D eigenvalue weighted by atomic mass is 10.1. The third kappa shape index (κ3) is 3.02. The monoisotopic (exact) mass is 350 g/mol. The number of nitrogens with zero attached hydrogens (tertiary/aromatic N) is 1. The zero-order chi connectivity index (χ0) is 17.7. The molecule has 2 fully saturated rings. The molecule has 2 saturated carbocycles. The quantitative estimate of drug-likeness (QED) is 0.916. The molecular weight excluding hydrogens is 328 g/mol. The minimum Gasteiger partial charge on any atom is -0.461 e. The number of carbonyl (C=O) groups excluding carboxylic acids is 2. The molecule has 5 nitrogen and oxygen atoms in total. The van der Waals surface area contributed by atoms with Gasteiger partial charge < -0.3 is 14.6 Å². The molecule has 2 amide bonds. The van der Waals surface area contributed by atoms with Gasteiger partial charge in [-0.25, -0.2) is 0 Å². The van der Waals surface area contributed by atoms with Crippen molar-refractivity contribution in [2.75, 3.05) is 11.9 Å². The van der Waals surface area contributed by atoms with Gasteiger partial charge in [0.2, 0.25) is 11.8 Å². The molecule has 5 rings (SSSR count). The smallest absolute Gasteiger partial charge is 0.227 e. The second-order valence-electron chi connectivity index (χ2n) is 7.68. The molecule has 1 aromatic heterocycles. The number of anilines is 1. The van der Waals surface area contributed by atoms with E-state index in [4.69, 9.17) is 4.42 Å². The Morgan fingerprint density at radius 3 is 2.46 bits per heavy atom. The summed E-state index contributed by atoms with van der Waals surface area (Å²) < 4.78 is 6.04. The van der Waals surface area contributed by atoms with Gasteiger partial charge >= 0.3 is 0 Å². The van der Waals surface area contributed by atoms with Gasteiger partial charge in [0.15, 0.2) is 0 Å². The largest absolute Gasteiger partial charge is 0.461 e. The third-order valence-electron chi connectivity index (χ3n) is 5.49. The van der Waals surface area contributed by atoms with Gasteiger partial charge in [0.25, 0.3) is 0 Å². The molecule has 2 aromatic rings. The Kier molecular flexibility index (Phi) is 3.62. The number of benzene rings is 1. The summed E-state index contributed by atoms with van der Waals surface area (Å²) in [5.74, 6) is 2.71. The van der Waals surface area contributed by atoms with Crippen molar-refractivity contribution in [3.8, 4) is 11.3 Å². The highest BCUT2D eigenvalue weighted by atomic mass is 16.3. The molecule has 0 saturated heterocycles. The van der Waals surface area contributed by atoms with Crippen molar-refractivity contribution >= 4 is 17.5 Å². The van der Waals surface area contributed by atoms with Crippen LogP contribution in [-0.4, -0.2) is 23.3 Å². The summed E-state index contributed by atoms with van der Waals surface area (Å²) in [5, 5.41) is 2.95. The predicted octanol–water partition coefficient (Wildman–Crippen LogP) is 3.59. The summed E-state index contributed by atoms with van der Waals surface area (Å²) in [7, 11) is 0. The molecule has 1 aromatic carbocycles. The zero-order valence-corrected chi connectivity index (χ0v) is 14.7. The van der Waals surface area contributed by atoms with Gasteiger partial charge in [-0.2, -0.15) is 0 Å². The number of fused-ring (bicyclic) bond motifs is 1. The Hall–Kier alpha value is -2.56. The van der Waals surface area contributed by atoms with Crippen LogP contribution < -0.4 is 5.32 Å². The van der Waals surface area contributed by atoms with E-state index >= 15 is 0 Å². The van der Waals surface area contributed by atoms with Gasteiger partial charge in [-0.15, -0.1) is 0 Å². The van der Waals surface area contributed by atoms with E-state index in [1.54, 1.807) is 0 Å². The average molecular weight is 350 g/mol. The lowest BCUT2D eigenvalue weighted by molar-refractivity contribution is -0.133. The van der Waals surface area contributed by atoms with Gasteiger partial charge in [0.05, 0.1) is 0 Å². The summed E-state index contributed by atoms with van der Waals surface area (Å²) in [4.78, 5) is 26.1. The molecule has 134 valence electrons. The van der Waals surface area contributed by atoms with Crippen LogP contribution in [0, 0.1) is 11.8 Å². The van der Waals surface area contributed by atoms with Crippen LogP contribution >= 0.6 is 0 Å². The summed E-state index contributed by atoms with van der Waals surface area (Å²) in [6, 6.07) is 9.83. The van der Waals surface area contributed by atoms with Crippen LogP contribution in [-0.2, 0) is 22.6 Å². The Balaban J connectivity index is 1.30. The van der Waals surface area contributed by atoms with Gasteiger partial charge in [-0.1, -0.05) is 0 Å². The first-order valence-electron chi connectivity index (χ1n) is 9.49. The molecule has 0 unspecified atom stereocenters. The lowest BCUT2D eigenvalue weighted by Gasteiger charge is -2.26. The number of carbonyl (C=O) groups is 2. The van der Waals surface area contributed by atoms with Gasteiger partial charge in [0, 0.05) is 48.2 Å². The fourth-order valence-corrected chi connectivity index (χ4v) is 3.56. The van der Waals surface area contributed by atoms with E-state index < -0.39 is 0 Å². The molecular formula is C21H22N2O3. The summed E-state index contributed by atoms with van der Waals surface area (Å²) in [6.07, 6.45) is 4.87. The van der Waals surface area contributed by atoms with Crippen molar-refractivity contribution in [3.05, 3.63) is 41.7 Å². The average Bonchev–Trinajstić information content (AvgIpc) is 3.56. The molecule has 0 radical (unpaired) electrons. The number of amides is 2. The van der Waals surface area contributed by atoms with Gasteiger partial charge in [-0.3, -0.25) is 9.59 Å². The molecule has 0 bridgehead atoms. The Morgan fingerprint density at radius 1 is 1.04 bits per heavy atom. The second kappa shape index (κ2) is 6.01. The predicted molar refractivity (Wildman–Crippen MR) is 97.3 cm³/mol. The Morgan fingerprint density at radius 2 is 1.77 bits per heavy atom. The number of hydrogen-bond donors (Lipinski definition) is 1. The van der Waals surface area contributed by atoms with Crippen LogP contribution in [0.2, 0.25) is 0 Å². The van der Waals surface area contributed by atoms with Crippen molar-refractivity contribution in [2.24, 2.45) is 11.8 Å². The molecule has 26 heavy (non-hydrogen) atoms. The van der Waals surface area contributed by atoms with Gasteiger partial charge in [0.1, 0.15) is 11.5 Å². The highest BCUT2D eigenvalue weighted by Crippen LogP contribution is 2.35. The van der Waals surface area contributed by atoms with Crippen molar-refractivity contribution in [1.82, 2.24) is 4.90 Å². The van der Waals surface area contributed by atoms with Crippen LogP contribution in [0.15, 0.2) is 34.7 Å². The van der Waals surface area contributed by atoms with E-state index in [2.05, 4.69) is 11.4 Å². The SMILES string of the molecule is O=C(Nc1ccc(-c2cc3c(o2)CCN(C(=O)C2CC2)C3)cc1)C1CC1. The Labute approximate surface area is 152 Å². The molecule has 0 spiro atoms. The number of nitrogens with one attached hydrogen (secondary N) is 1. The van der Waals surface area contributed by atoms with Crippen molar-refractivity contribution in [3.63, 3.8) is 0 Å². The van der Waals surface area contributed by atoms with Crippen LogP contribution in [0.1, 0.15) is 37.0 Å². The molecule has 2 aliphatic carbocycles. The van der Waals surface area contributed by atoms with Crippen molar-refractivity contribution in [1.29, 1.82) is 0 Å². The normalized spacial score (nSPS) is 19.2. The number of hydrogen-bond acceptors (Lipinski definition) is 3. The highest BCUT2D eigenvalue weighted by Gasteiger charge is 2.35. The number of furan rings is 1. The van der Waals surface area contributed by atoms with Crippen LogP contribution in [0.25, 0.3) is 11.3 Å². The van der Waals surface area contributed by atoms with E-state index in [9.17, 15) is 9.59 Å². The van der Waals surface area contributed by atoms with Crippen LogP contribution in [0.4, 0.5) is 5.69 Å². The maximum absolute atomic E-state index is 12.3. The fraction of sp³-hybridized carbons (Fsp3) is 0.429.